The van der Waals surface area contributed by atoms with Crippen molar-refractivity contribution in [2.75, 3.05) is 26.9 Å². The summed E-state index contributed by atoms with van der Waals surface area (Å²) in [6.45, 7) is 2.80. The third-order valence-corrected chi connectivity index (χ3v) is 6.41. The van der Waals surface area contributed by atoms with Crippen molar-refractivity contribution >= 4 is 16.1 Å². The van der Waals surface area contributed by atoms with Crippen LogP contribution >= 0.6 is 0 Å². The molecule has 2 atom stereocenters. The normalized spacial score (nSPS) is 14.8. The molecule has 2 aromatic rings. The Morgan fingerprint density at radius 3 is 2.17 bits per heavy atom. The number of alkyl halides is 3. The summed E-state index contributed by atoms with van der Waals surface area (Å²) in [6.07, 6.45) is -5.20. The quantitative estimate of drug-likeness (QED) is 0.219. The molecule has 194 valence electrons. The Hall–Kier alpha value is -2.47. The van der Waals surface area contributed by atoms with Crippen LogP contribution in [0.15, 0.2) is 59.5 Å². The lowest BCUT2D eigenvalue weighted by Crippen LogP contribution is -2.53. The van der Waals surface area contributed by atoms with Gasteiger partial charge in [-0.15, -0.1) is 0 Å². The first-order valence-corrected chi connectivity index (χ1v) is 12.3. The Bertz CT molecular complexity index is 1040. The van der Waals surface area contributed by atoms with Crippen molar-refractivity contribution in [2.24, 2.45) is 0 Å². The van der Waals surface area contributed by atoms with E-state index in [1.54, 1.807) is 19.1 Å². The van der Waals surface area contributed by atoms with Gasteiger partial charge in [-0.25, -0.2) is 4.79 Å². The van der Waals surface area contributed by atoms with E-state index in [9.17, 15) is 26.4 Å². The van der Waals surface area contributed by atoms with Gasteiger partial charge in [0.1, 0.15) is 12.7 Å². The van der Waals surface area contributed by atoms with Gasteiger partial charge < -0.3 is 14.2 Å². The Balaban J connectivity index is 2.28. The second-order valence-electron chi connectivity index (χ2n) is 7.76. The molecule has 7 nitrogen and oxygen atoms in total. The van der Waals surface area contributed by atoms with E-state index in [0.717, 1.165) is 31.2 Å². The summed E-state index contributed by atoms with van der Waals surface area (Å²) in [7, 11) is -3.52. The Labute approximate surface area is 203 Å². The molecule has 0 N–H and O–H groups in total. The first-order chi connectivity index (χ1) is 16.5. The number of aryl methyl sites for hydroxylation is 1. The van der Waals surface area contributed by atoms with Crippen LogP contribution in [0.25, 0.3) is 0 Å². The van der Waals surface area contributed by atoms with E-state index in [1.165, 1.54) is 30.3 Å². The summed E-state index contributed by atoms with van der Waals surface area (Å²) in [5, 5.41) is 0. The molecule has 0 bridgehead atoms. The smallest absolute Gasteiger partial charge is 0.432 e. The van der Waals surface area contributed by atoms with E-state index in [1.807, 2.05) is 6.92 Å². The standard InChI is InChI=1S/C24H29F3O7S/c1-4-5-15-32-16-20(17-33-35(29,30)21-13-11-18(2)12-14-21)34-22(28)23(31-3,24(25,26)27)19-9-7-6-8-10-19/h6-14,20H,4-5,15-17H2,1-3H3/t20-,23+/m1/s1. The Morgan fingerprint density at radius 1 is 1.00 bits per heavy atom. The second kappa shape index (κ2) is 12.5. The van der Waals surface area contributed by atoms with Crippen molar-refractivity contribution in [1.29, 1.82) is 0 Å². The van der Waals surface area contributed by atoms with E-state index in [0.29, 0.717) is 6.42 Å². The first-order valence-electron chi connectivity index (χ1n) is 10.9. The highest BCUT2D eigenvalue weighted by Crippen LogP contribution is 2.43. The third kappa shape index (κ3) is 7.26. The molecule has 35 heavy (non-hydrogen) atoms. The average molecular weight is 519 g/mol. The van der Waals surface area contributed by atoms with Crippen LogP contribution in [0.2, 0.25) is 0 Å². The fourth-order valence-electron chi connectivity index (χ4n) is 3.14. The van der Waals surface area contributed by atoms with E-state index in [-0.39, 0.29) is 18.1 Å². The number of methoxy groups -OCH3 is 1. The molecule has 0 saturated carbocycles. The van der Waals surface area contributed by atoms with Crippen molar-refractivity contribution < 1.29 is 44.8 Å². The highest BCUT2D eigenvalue weighted by atomic mass is 32.2. The van der Waals surface area contributed by atoms with Crippen LogP contribution in [0.3, 0.4) is 0 Å². The van der Waals surface area contributed by atoms with Gasteiger partial charge in [0.05, 0.1) is 11.5 Å². The number of hydrogen-bond donors (Lipinski definition) is 0. The number of halogens is 3. The maximum atomic E-state index is 14.2. The minimum Gasteiger partial charge on any atom is -0.455 e. The fraction of sp³-hybridized carbons (Fsp3) is 0.458. The third-order valence-electron chi connectivity index (χ3n) is 5.11. The largest absolute Gasteiger partial charge is 0.455 e. The molecular weight excluding hydrogens is 489 g/mol. The van der Waals surface area contributed by atoms with Crippen LogP contribution in [0.1, 0.15) is 30.9 Å². The van der Waals surface area contributed by atoms with Crippen LogP contribution in [-0.2, 0) is 38.9 Å². The molecular formula is C24H29F3O7S. The SMILES string of the molecule is CCCCOC[C@H](COS(=O)(=O)c1ccc(C)cc1)OC(=O)[C@@](OC)(c1ccccc1)C(F)(F)F. The van der Waals surface area contributed by atoms with Crippen LogP contribution in [0, 0.1) is 6.92 Å². The minimum atomic E-state index is -5.18. The van der Waals surface area contributed by atoms with Crippen LogP contribution in [0.5, 0.6) is 0 Å². The molecule has 0 aliphatic rings. The zero-order chi connectivity index (χ0) is 26.1. The molecule has 11 heteroatoms. The van der Waals surface area contributed by atoms with Crippen molar-refractivity contribution in [3.63, 3.8) is 0 Å². The van der Waals surface area contributed by atoms with E-state index >= 15 is 0 Å². The van der Waals surface area contributed by atoms with Gasteiger partial charge in [0.15, 0.2) is 0 Å². The molecule has 0 fully saturated rings. The number of unbranched alkanes of at least 4 members (excludes halogenated alkanes) is 1. The van der Waals surface area contributed by atoms with Gasteiger partial charge in [-0.05, 0) is 25.5 Å². The molecule has 0 radical (unpaired) electrons. The molecule has 0 heterocycles. The molecule has 0 amide bonds. The molecule has 0 aliphatic carbocycles. The lowest BCUT2D eigenvalue weighted by molar-refractivity contribution is -0.279. The Kier molecular flexibility index (Phi) is 10.3. The molecule has 2 aromatic carbocycles. The first kappa shape index (κ1) is 28.8. The summed E-state index contributed by atoms with van der Waals surface area (Å²) >= 11 is 0. The van der Waals surface area contributed by atoms with Gasteiger partial charge in [0.25, 0.3) is 15.7 Å². The van der Waals surface area contributed by atoms with Gasteiger partial charge in [0, 0.05) is 19.3 Å². The molecule has 0 unspecified atom stereocenters. The van der Waals surface area contributed by atoms with Gasteiger partial charge in [-0.1, -0.05) is 61.4 Å². The van der Waals surface area contributed by atoms with Crippen LogP contribution in [-0.4, -0.2) is 53.6 Å². The second-order valence-corrected chi connectivity index (χ2v) is 9.37. The van der Waals surface area contributed by atoms with Crippen LogP contribution in [0.4, 0.5) is 13.2 Å². The molecule has 2 rings (SSSR count). The maximum Gasteiger partial charge on any atom is 0.432 e. The lowest BCUT2D eigenvalue weighted by Gasteiger charge is -2.33. The number of hydrogen-bond acceptors (Lipinski definition) is 7. The number of carbonyl (C=O) groups excluding carboxylic acids is 1. The number of benzene rings is 2. The predicted octanol–water partition coefficient (Wildman–Crippen LogP) is 4.53. The van der Waals surface area contributed by atoms with Crippen molar-refractivity contribution in [3.8, 4) is 0 Å². The van der Waals surface area contributed by atoms with E-state index in [2.05, 4.69) is 0 Å². The number of rotatable bonds is 13. The van der Waals surface area contributed by atoms with Crippen LogP contribution < -0.4 is 0 Å². The van der Waals surface area contributed by atoms with Crippen molar-refractivity contribution in [3.05, 3.63) is 65.7 Å². The number of ether oxygens (including phenoxy) is 3. The van der Waals surface area contributed by atoms with Gasteiger partial charge in [-0.2, -0.15) is 21.6 Å². The predicted molar refractivity (Wildman–Crippen MR) is 121 cm³/mol. The highest BCUT2D eigenvalue weighted by molar-refractivity contribution is 7.86. The maximum absolute atomic E-state index is 14.2. The summed E-state index contributed by atoms with van der Waals surface area (Å²) < 4.78 is 87.8. The van der Waals surface area contributed by atoms with Crippen molar-refractivity contribution in [2.45, 2.75) is 49.5 Å². The summed E-state index contributed by atoms with van der Waals surface area (Å²) in [5.74, 6) is -1.76. The monoisotopic (exact) mass is 518 g/mol. The van der Waals surface area contributed by atoms with Gasteiger partial charge >= 0.3 is 12.1 Å². The minimum absolute atomic E-state index is 0.147. The molecule has 0 saturated heterocycles. The van der Waals surface area contributed by atoms with E-state index in [4.69, 9.17) is 18.4 Å². The van der Waals surface area contributed by atoms with Gasteiger partial charge in [-0.3, -0.25) is 4.18 Å². The Morgan fingerprint density at radius 2 is 1.63 bits per heavy atom. The summed E-state index contributed by atoms with van der Waals surface area (Å²) in [5.41, 5.74) is -3.09. The lowest BCUT2D eigenvalue weighted by atomic mass is 9.92. The summed E-state index contributed by atoms with van der Waals surface area (Å²) in [6, 6.07) is 12.1. The molecule has 0 aromatic heterocycles. The van der Waals surface area contributed by atoms with Gasteiger partial charge in [0.2, 0.25) is 0 Å². The zero-order valence-corrected chi connectivity index (χ0v) is 20.5. The molecule has 0 spiro atoms. The van der Waals surface area contributed by atoms with E-state index < -0.39 is 46.1 Å². The average Bonchev–Trinajstić information content (AvgIpc) is 2.81. The number of esters is 1. The highest BCUT2D eigenvalue weighted by Gasteiger charge is 2.64. The fourth-order valence-corrected chi connectivity index (χ4v) is 4.07. The van der Waals surface area contributed by atoms with Crippen molar-refractivity contribution in [1.82, 2.24) is 0 Å². The summed E-state index contributed by atoms with van der Waals surface area (Å²) in [4.78, 5) is 12.8. The number of carbonyl (C=O) groups is 1. The molecule has 0 aliphatic heterocycles. The zero-order valence-electron chi connectivity index (χ0n) is 19.7. The topological polar surface area (TPSA) is 88.1 Å².